The first-order valence-electron chi connectivity index (χ1n) is 4.72. The van der Waals surface area contributed by atoms with E-state index in [0.717, 1.165) is 28.8 Å². The minimum atomic E-state index is -0.0949. The Morgan fingerprint density at radius 2 is 2.29 bits per heavy atom. The zero-order valence-corrected chi connectivity index (χ0v) is 8.46. The molecule has 2 aromatic rings. The number of hydrogen-bond donors (Lipinski definition) is 1. The van der Waals surface area contributed by atoms with Gasteiger partial charge in [-0.3, -0.25) is 0 Å². The van der Waals surface area contributed by atoms with E-state index in [9.17, 15) is 4.39 Å². The molecule has 0 unspecified atom stereocenters. The van der Waals surface area contributed by atoms with Gasteiger partial charge < -0.3 is 4.98 Å². The van der Waals surface area contributed by atoms with Crippen molar-refractivity contribution in [3.05, 3.63) is 35.3 Å². The van der Waals surface area contributed by atoms with Crippen molar-refractivity contribution in [2.24, 2.45) is 0 Å². The number of aromatic amines is 1. The lowest BCUT2D eigenvalue weighted by Gasteiger charge is -2.10. The van der Waals surface area contributed by atoms with Crippen LogP contribution in [0.5, 0.6) is 0 Å². The standard InChI is InChI=1S/C11H10FNS/c12-8-2-1-3-10-11(8)7-6-14-5-4-9(7)13-10/h1-3,13H,4-6H2. The summed E-state index contributed by atoms with van der Waals surface area (Å²) >= 11 is 1.88. The van der Waals surface area contributed by atoms with E-state index in [-0.39, 0.29) is 5.82 Å². The van der Waals surface area contributed by atoms with Gasteiger partial charge in [0.25, 0.3) is 0 Å². The van der Waals surface area contributed by atoms with Gasteiger partial charge in [-0.25, -0.2) is 4.39 Å². The van der Waals surface area contributed by atoms with Gasteiger partial charge in [0, 0.05) is 22.3 Å². The van der Waals surface area contributed by atoms with E-state index in [1.807, 2.05) is 17.8 Å². The SMILES string of the molecule is Fc1cccc2[nH]c3c(c12)CSCC3. The molecule has 1 aliphatic heterocycles. The molecule has 0 spiro atoms. The molecule has 1 aromatic carbocycles. The molecule has 0 fully saturated rings. The van der Waals surface area contributed by atoms with Crippen LogP contribution in [-0.4, -0.2) is 10.7 Å². The molecular weight excluding hydrogens is 197 g/mol. The van der Waals surface area contributed by atoms with Gasteiger partial charge in [0.2, 0.25) is 0 Å². The molecule has 0 atom stereocenters. The highest BCUT2D eigenvalue weighted by Crippen LogP contribution is 2.32. The number of H-pyrrole nitrogens is 1. The summed E-state index contributed by atoms with van der Waals surface area (Å²) in [6.45, 7) is 0. The number of hydrogen-bond acceptors (Lipinski definition) is 1. The second-order valence-electron chi connectivity index (χ2n) is 3.55. The van der Waals surface area contributed by atoms with Gasteiger partial charge in [-0.05, 0) is 29.9 Å². The van der Waals surface area contributed by atoms with E-state index in [0.29, 0.717) is 0 Å². The van der Waals surface area contributed by atoms with Crippen molar-refractivity contribution < 1.29 is 4.39 Å². The fourth-order valence-corrected chi connectivity index (χ4v) is 3.06. The van der Waals surface area contributed by atoms with Gasteiger partial charge >= 0.3 is 0 Å². The van der Waals surface area contributed by atoms with Crippen LogP contribution in [0.4, 0.5) is 4.39 Å². The molecular formula is C11H10FNS. The predicted octanol–water partition coefficient (Wildman–Crippen LogP) is 3.10. The predicted molar refractivity (Wildman–Crippen MR) is 58.1 cm³/mol. The molecule has 1 aliphatic rings. The Bertz CT molecular complexity index is 489. The van der Waals surface area contributed by atoms with Gasteiger partial charge in [-0.2, -0.15) is 11.8 Å². The first kappa shape index (κ1) is 8.36. The highest BCUT2D eigenvalue weighted by Gasteiger charge is 2.17. The number of thioether (sulfide) groups is 1. The second kappa shape index (κ2) is 3.02. The second-order valence-corrected chi connectivity index (χ2v) is 4.65. The summed E-state index contributed by atoms with van der Waals surface area (Å²) in [5, 5.41) is 0.801. The van der Waals surface area contributed by atoms with Gasteiger partial charge in [-0.1, -0.05) is 6.07 Å². The molecule has 0 aliphatic carbocycles. The van der Waals surface area contributed by atoms with Crippen molar-refractivity contribution in [3.8, 4) is 0 Å². The maximum absolute atomic E-state index is 13.6. The fourth-order valence-electron chi connectivity index (χ4n) is 2.05. The van der Waals surface area contributed by atoms with Crippen LogP contribution in [0, 0.1) is 5.82 Å². The number of nitrogens with one attached hydrogen (secondary N) is 1. The van der Waals surface area contributed by atoms with Crippen LogP contribution in [0.25, 0.3) is 10.9 Å². The average Bonchev–Trinajstić information content (AvgIpc) is 2.57. The molecule has 3 rings (SSSR count). The van der Waals surface area contributed by atoms with Gasteiger partial charge in [0.1, 0.15) is 5.82 Å². The minimum Gasteiger partial charge on any atom is -0.358 e. The van der Waals surface area contributed by atoms with Crippen LogP contribution in [0.15, 0.2) is 18.2 Å². The Morgan fingerprint density at radius 1 is 1.36 bits per heavy atom. The third kappa shape index (κ3) is 1.08. The van der Waals surface area contributed by atoms with Crippen LogP contribution in [0.1, 0.15) is 11.3 Å². The molecule has 0 saturated carbocycles. The van der Waals surface area contributed by atoms with Gasteiger partial charge in [-0.15, -0.1) is 0 Å². The fraction of sp³-hybridized carbons (Fsp3) is 0.273. The lowest BCUT2D eigenvalue weighted by molar-refractivity contribution is 0.639. The lowest BCUT2D eigenvalue weighted by atomic mass is 10.1. The average molecular weight is 207 g/mol. The van der Waals surface area contributed by atoms with Crippen LogP contribution in [-0.2, 0) is 12.2 Å². The maximum atomic E-state index is 13.6. The van der Waals surface area contributed by atoms with Crippen LogP contribution in [0.3, 0.4) is 0 Å². The van der Waals surface area contributed by atoms with Crippen molar-refractivity contribution in [1.82, 2.24) is 4.98 Å². The summed E-state index contributed by atoms with van der Waals surface area (Å²) in [6.07, 6.45) is 1.04. The highest BCUT2D eigenvalue weighted by atomic mass is 32.2. The monoisotopic (exact) mass is 207 g/mol. The van der Waals surface area contributed by atoms with E-state index < -0.39 is 0 Å². The topological polar surface area (TPSA) is 15.8 Å². The number of halogens is 1. The minimum absolute atomic E-state index is 0.0949. The number of fused-ring (bicyclic) bond motifs is 3. The lowest BCUT2D eigenvalue weighted by Crippen LogP contribution is -2.00. The molecule has 1 aromatic heterocycles. The molecule has 0 amide bonds. The molecule has 1 nitrogen and oxygen atoms in total. The summed E-state index contributed by atoms with van der Waals surface area (Å²) in [5.41, 5.74) is 3.34. The summed E-state index contributed by atoms with van der Waals surface area (Å²) in [7, 11) is 0. The van der Waals surface area contributed by atoms with Crippen LogP contribution >= 0.6 is 11.8 Å². The highest BCUT2D eigenvalue weighted by molar-refractivity contribution is 7.98. The smallest absolute Gasteiger partial charge is 0.132 e. The molecule has 0 radical (unpaired) electrons. The molecule has 2 heterocycles. The molecule has 3 heteroatoms. The van der Waals surface area contributed by atoms with Crippen LogP contribution in [0.2, 0.25) is 0 Å². The van der Waals surface area contributed by atoms with Crippen molar-refractivity contribution in [2.45, 2.75) is 12.2 Å². The summed E-state index contributed by atoms with van der Waals surface area (Å²) < 4.78 is 13.6. The Labute approximate surface area is 85.7 Å². The van der Waals surface area contributed by atoms with Crippen molar-refractivity contribution in [1.29, 1.82) is 0 Å². The molecule has 1 N–H and O–H groups in total. The van der Waals surface area contributed by atoms with Crippen molar-refractivity contribution in [3.63, 3.8) is 0 Å². The Kier molecular flexibility index (Phi) is 1.80. The normalized spacial score (nSPS) is 15.8. The van der Waals surface area contributed by atoms with Crippen molar-refractivity contribution in [2.75, 3.05) is 5.75 Å². The Morgan fingerprint density at radius 3 is 3.21 bits per heavy atom. The van der Waals surface area contributed by atoms with Gasteiger partial charge in [0.15, 0.2) is 0 Å². The first-order valence-corrected chi connectivity index (χ1v) is 5.87. The first-order chi connectivity index (χ1) is 6.86. The molecule has 0 saturated heterocycles. The molecule has 14 heavy (non-hydrogen) atoms. The zero-order valence-electron chi connectivity index (χ0n) is 7.64. The number of aromatic nitrogens is 1. The van der Waals surface area contributed by atoms with Crippen molar-refractivity contribution >= 4 is 22.7 Å². The van der Waals surface area contributed by atoms with Gasteiger partial charge in [0.05, 0.1) is 0 Å². The Hall–Kier alpha value is -0.960. The maximum Gasteiger partial charge on any atom is 0.132 e. The molecule has 0 bridgehead atoms. The van der Waals surface area contributed by atoms with E-state index in [1.54, 1.807) is 6.07 Å². The van der Waals surface area contributed by atoms with E-state index in [1.165, 1.54) is 17.3 Å². The third-order valence-corrected chi connectivity index (χ3v) is 3.69. The third-order valence-electron chi connectivity index (χ3n) is 2.71. The van der Waals surface area contributed by atoms with E-state index >= 15 is 0 Å². The summed E-state index contributed by atoms with van der Waals surface area (Å²) in [4.78, 5) is 3.30. The summed E-state index contributed by atoms with van der Waals surface area (Å²) in [6, 6.07) is 5.24. The number of aryl methyl sites for hydroxylation is 1. The van der Waals surface area contributed by atoms with Crippen LogP contribution < -0.4 is 0 Å². The van der Waals surface area contributed by atoms with E-state index in [4.69, 9.17) is 0 Å². The summed E-state index contributed by atoms with van der Waals surface area (Å²) in [5.74, 6) is 1.99. The number of benzene rings is 1. The number of rotatable bonds is 0. The largest absolute Gasteiger partial charge is 0.358 e. The Balaban J connectivity index is 2.38. The van der Waals surface area contributed by atoms with E-state index in [2.05, 4.69) is 4.98 Å². The quantitative estimate of drug-likeness (QED) is 0.702. The molecule has 72 valence electrons. The zero-order chi connectivity index (χ0) is 9.54.